The second-order valence-corrected chi connectivity index (χ2v) is 6.27. The Morgan fingerprint density at radius 1 is 1.43 bits per heavy atom. The van der Waals surface area contributed by atoms with Crippen LogP contribution in [0, 0.1) is 0 Å². The highest BCUT2D eigenvalue weighted by atomic mass is 79.9. The summed E-state index contributed by atoms with van der Waals surface area (Å²) >= 11 is 3.00. The fourth-order valence-electron chi connectivity index (χ4n) is 2.32. The first-order chi connectivity index (χ1) is 9.71. The third-order valence-electron chi connectivity index (χ3n) is 3.38. The van der Waals surface area contributed by atoms with Gasteiger partial charge >= 0.3 is 6.18 Å². The van der Waals surface area contributed by atoms with Gasteiger partial charge < -0.3 is 10.1 Å². The molecular formula is C14H15BrF3NO2. The molecule has 3 nitrogen and oxygen atoms in total. The zero-order valence-corrected chi connectivity index (χ0v) is 13.0. The van der Waals surface area contributed by atoms with Crippen molar-refractivity contribution in [1.29, 1.82) is 0 Å². The molecule has 1 aromatic rings. The van der Waals surface area contributed by atoms with Crippen molar-refractivity contribution >= 4 is 21.8 Å². The molecular weight excluding hydrogens is 351 g/mol. The van der Waals surface area contributed by atoms with E-state index in [1.807, 2.05) is 0 Å². The molecule has 0 spiro atoms. The van der Waals surface area contributed by atoms with Crippen molar-refractivity contribution in [3.8, 4) is 0 Å². The van der Waals surface area contributed by atoms with Gasteiger partial charge in [0.1, 0.15) is 0 Å². The SMILES string of the molecule is CC1(NC(=O)c2ccc(Br)cc2C(F)(F)F)CCCOC1. The average Bonchev–Trinajstić information content (AvgIpc) is 2.37. The van der Waals surface area contributed by atoms with Gasteiger partial charge in [-0.25, -0.2) is 0 Å². The number of alkyl halides is 3. The fraction of sp³-hybridized carbons (Fsp3) is 0.500. The molecule has 0 aromatic heterocycles. The van der Waals surface area contributed by atoms with Gasteiger partial charge in [0.25, 0.3) is 5.91 Å². The predicted molar refractivity (Wildman–Crippen MR) is 75.1 cm³/mol. The van der Waals surface area contributed by atoms with E-state index < -0.39 is 23.2 Å². The van der Waals surface area contributed by atoms with E-state index >= 15 is 0 Å². The van der Waals surface area contributed by atoms with Crippen LogP contribution in [0.1, 0.15) is 35.7 Å². The van der Waals surface area contributed by atoms with E-state index in [0.29, 0.717) is 19.6 Å². The number of amides is 1. The molecule has 1 amide bonds. The number of nitrogens with one attached hydrogen (secondary N) is 1. The predicted octanol–water partition coefficient (Wildman–Crippen LogP) is 3.77. The summed E-state index contributed by atoms with van der Waals surface area (Å²) in [5.74, 6) is -0.733. The standard InChI is InChI=1S/C14H15BrF3NO2/c1-13(5-2-6-21-8-13)19-12(20)10-4-3-9(15)7-11(10)14(16,17)18/h3-4,7H,2,5-6,8H2,1H3,(H,19,20). The Hall–Kier alpha value is -1.08. The lowest BCUT2D eigenvalue weighted by Gasteiger charge is -2.34. The number of halogens is 4. The Kier molecular flexibility index (Phi) is 4.63. The zero-order chi connectivity index (χ0) is 15.7. The number of carbonyl (C=O) groups excluding carboxylic acids is 1. The van der Waals surface area contributed by atoms with Crippen molar-refractivity contribution in [2.45, 2.75) is 31.5 Å². The Morgan fingerprint density at radius 2 is 2.14 bits per heavy atom. The third kappa shape index (κ3) is 3.97. The molecule has 0 saturated carbocycles. The molecule has 1 N–H and O–H groups in total. The van der Waals surface area contributed by atoms with Crippen LogP contribution in [0.5, 0.6) is 0 Å². The molecule has 0 bridgehead atoms. The highest BCUT2D eigenvalue weighted by Crippen LogP contribution is 2.34. The maximum absolute atomic E-state index is 13.0. The van der Waals surface area contributed by atoms with Crippen LogP contribution >= 0.6 is 15.9 Å². The van der Waals surface area contributed by atoms with Crippen molar-refractivity contribution in [2.24, 2.45) is 0 Å². The van der Waals surface area contributed by atoms with Gasteiger partial charge in [-0.15, -0.1) is 0 Å². The lowest BCUT2D eigenvalue weighted by molar-refractivity contribution is -0.138. The monoisotopic (exact) mass is 365 g/mol. The van der Waals surface area contributed by atoms with Crippen LogP contribution in [-0.2, 0) is 10.9 Å². The molecule has 1 aromatic carbocycles. The summed E-state index contributed by atoms with van der Waals surface area (Å²) in [7, 11) is 0. The molecule has 7 heteroatoms. The lowest BCUT2D eigenvalue weighted by Crippen LogP contribution is -2.51. The van der Waals surface area contributed by atoms with E-state index in [2.05, 4.69) is 21.2 Å². The molecule has 0 radical (unpaired) electrons. The van der Waals surface area contributed by atoms with E-state index in [1.54, 1.807) is 6.92 Å². The van der Waals surface area contributed by atoms with Gasteiger partial charge in [0.05, 0.1) is 23.3 Å². The molecule has 116 valence electrons. The first-order valence-corrected chi connectivity index (χ1v) is 7.28. The van der Waals surface area contributed by atoms with Gasteiger partial charge in [-0.2, -0.15) is 13.2 Å². The largest absolute Gasteiger partial charge is 0.417 e. The second-order valence-electron chi connectivity index (χ2n) is 5.36. The second kappa shape index (κ2) is 5.96. The zero-order valence-electron chi connectivity index (χ0n) is 11.4. The molecule has 1 aliphatic heterocycles. The molecule has 1 heterocycles. The highest BCUT2D eigenvalue weighted by molar-refractivity contribution is 9.10. The topological polar surface area (TPSA) is 38.3 Å². The van der Waals surface area contributed by atoms with E-state index in [-0.39, 0.29) is 10.0 Å². The molecule has 1 unspecified atom stereocenters. The van der Waals surface area contributed by atoms with Gasteiger partial charge in [0.2, 0.25) is 0 Å². The Balaban J connectivity index is 2.27. The molecule has 0 aliphatic carbocycles. The Bertz CT molecular complexity index is 540. The number of benzene rings is 1. The maximum atomic E-state index is 13.0. The van der Waals surface area contributed by atoms with Gasteiger partial charge in [-0.1, -0.05) is 15.9 Å². The first-order valence-electron chi connectivity index (χ1n) is 6.48. The van der Waals surface area contributed by atoms with Crippen LogP contribution in [0.15, 0.2) is 22.7 Å². The van der Waals surface area contributed by atoms with Crippen LogP contribution in [0.25, 0.3) is 0 Å². The summed E-state index contributed by atoms with van der Waals surface area (Å²) in [6, 6.07) is 3.51. The van der Waals surface area contributed by atoms with E-state index in [9.17, 15) is 18.0 Å². The summed E-state index contributed by atoms with van der Waals surface area (Å²) in [6.45, 7) is 2.68. The van der Waals surface area contributed by atoms with Crippen molar-refractivity contribution in [1.82, 2.24) is 5.32 Å². The first kappa shape index (κ1) is 16.3. The molecule has 1 saturated heterocycles. The van der Waals surface area contributed by atoms with Crippen LogP contribution in [0.2, 0.25) is 0 Å². The molecule has 1 fully saturated rings. The number of rotatable bonds is 2. The summed E-state index contributed by atoms with van der Waals surface area (Å²) in [5.41, 5.74) is -1.96. The minimum Gasteiger partial charge on any atom is -0.379 e. The number of ether oxygens (including phenoxy) is 1. The molecule has 1 aliphatic rings. The van der Waals surface area contributed by atoms with Crippen LogP contribution in [0.3, 0.4) is 0 Å². The normalized spacial score (nSPS) is 22.9. The van der Waals surface area contributed by atoms with Crippen LogP contribution < -0.4 is 5.32 Å². The molecule has 2 rings (SSSR count). The quantitative estimate of drug-likeness (QED) is 0.866. The van der Waals surface area contributed by atoms with E-state index in [1.165, 1.54) is 12.1 Å². The van der Waals surface area contributed by atoms with Crippen molar-refractivity contribution in [3.63, 3.8) is 0 Å². The maximum Gasteiger partial charge on any atom is 0.417 e. The lowest BCUT2D eigenvalue weighted by atomic mass is 9.94. The highest BCUT2D eigenvalue weighted by Gasteiger charge is 2.37. The summed E-state index contributed by atoms with van der Waals surface area (Å²) in [6.07, 6.45) is -3.14. The van der Waals surface area contributed by atoms with Crippen molar-refractivity contribution in [2.75, 3.05) is 13.2 Å². The number of hydrogen-bond donors (Lipinski definition) is 1. The Labute approximate surface area is 129 Å². The van der Waals surface area contributed by atoms with Gasteiger partial charge in [-0.3, -0.25) is 4.79 Å². The Morgan fingerprint density at radius 3 is 2.71 bits per heavy atom. The number of hydrogen-bond acceptors (Lipinski definition) is 2. The van der Waals surface area contributed by atoms with Gasteiger partial charge in [0.15, 0.2) is 0 Å². The molecule has 1 atom stereocenters. The summed E-state index contributed by atoms with van der Waals surface area (Å²) in [4.78, 5) is 12.2. The minimum atomic E-state index is -4.58. The smallest absolute Gasteiger partial charge is 0.379 e. The van der Waals surface area contributed by atoms with Crippen molar-refractivity contribution in [3.05, 3.63) is 33.8 Å². The van der Waals surface area contributed by atoms with Gasteiger partial charge in [0, 0.05) is 11.1 Å². The number of carbonyl (C=O) groups is 1. The minimum absolute atomic E-state index is 0.276. The van der Waals surface area contributed by atoms with Crippen LogP contribution in [-0.4, -0.2) is 24.7 Å². The van der Waals surface area contributed by atoms with Crippen LogP contribution in [0.4, 0.5) is 13.2 Å². The van der Waals surface area contributed by atoms with Crippen molar-refractivity contribution < 1.29 is 22.7 Å². The third-order valence-corrected chi connectivity index (χ3v) is 3.88. The molecule has 21 heavy (non-hydrogen) atoms. The van der Waals surface area contributed by atoms with Gasteiger partial charge in [-0.05, 0) is 38.0 Å². The summed E-state index contributed by atoms with van der Waals surface area (Å²) < 4.78 is 44.7. The van der Waals surface area contributed by atoms with E-state index in [0.717, 1.165) is 12.5 Å². The average molecular weight is 366 g/mol. The summed E-state index contributed by atoms with van der Waals surface area (Å²) in [5, 5.41) is 2.66. The van der Waals surface area contributed by atoms with E-state index in [4.69, 9.17) is 4.74 Å². The fourth-order valence-corrected chi connectivity index (χ4v) is 2.68.